The third-order valence-electron chi connectivity index (χ3n) is 2.94. The van der Waals surface area contributed by atoms with Gasteiger partial charge in [0.1, 0.15) is 5.75 Å². The van der Waals surface area contributed by atoms with Crippen LogP contribution >= 0.6 is 11.6 Å². The van der Waals surface area contributed by atoms with Crippen molar-refractivity contribution in [1.82, 2.24) is 0 Å². The molecule has 0 saturated carbocycles. The maximum Gasteiger partial charge on any atom is 0.123 e. The van der Waals surface area contributed by atoms with E-state index in [1.165, 1.54) is 0 Å². The Hall–Kier alpha value is -1.52. The molecule has 106 valence electrons. The zero-order chi connectivity index (χ0) is 14.7. The Balaban J connectivity index is 2.32. The lowest BCUT2D eigenvalue weighted by Gasteiger charge is -2.11. The second kappa shape index (κ2) is 6.29. The lowest BCUT2D eigenvalue weighted by atomic mass is 10.1. The van der Waals surface area contributed by atoms with Gasteiger partial charge < -0.3 is 10.5 Å². The third kappa shape index (κ3) is 3.32. The molecule has 0 aromatic heterocycles. The smallest absolute Gasteiger partial charge is 0.123 e. The van der Waals surface area contributed by atoms with Gasteiger partial charge in [0.2, 0.25) is 0 Å². The van der Waals surface area contributed by atoms with Crippen molar-refractivity contribution in [3.05, 3.63) is 52.5 Å². The standard InChI is InChI=1S/C15H16ClNO2S/c1-10-3-6-14(19-2)11(7-10)9-20(18)15-8-12(16)4-5-13(15)17/h3-8H,9,17H2,1-2H3. The molecule has 1 unspecified atom stereocenters. The van der Waals surface area contributed by atoms with Crippen molar-refractivity contribution in [3.63, 3.8) is 0 Å². The molecule has 20 heavy (non-hydrogen) atoms. The van der Waals surface area contributed by atoms with Gasteiger partial charge in [-0.25, -0.2) is 0 Å². The molecule has 0 amide bonds. The van der Waals surface area contributed by atoms with E-state index >= 15 is 0 Å². The maximum absolute atomic E-state index is 12.5. The Bertz CT molecular complexity index is 658. The van der Waals surface area contributed by atoms with E-state index in [0.29, 0.717) is 21.4 Å². The van der Waals surface area contributed by atoms with E-state index in [2.05, 4.69) is 0 Å². The van der Waals surface area contributed by atoms with E-state index in [4.69, 9.17) is 22.1 Å². The van der Waals surface area contributed by atoms with Crippen LogP contribution in [0.15, 0.2) is 41.3 Å². The minimum absolute atomic E-state index is 0.343. The molecular weight excluding hydrogens is 294 g/mol. The highest BCUT2D eigenvalue weighted by molar-refractivity contribution is 7.84. The quantitative estimate of drug-likeness (QED) is 0.879. The van der Waals surface area contributed by atoms with Gasteiger partial charge in [0.25, 0.3) is 0 Å². The zero-order valence-corrected chi connectivity index (χ0v) is 12.9. The second-order valence-electron chi connectivity index (χ2n) is 4.49. The van der Waals surface area contributed by atoms with Crippen LogP contribution in [0.5, 0.6) is 5.75 Å². The summed E-state index contributed by atoms with van der Waals surface area (Å²) in [6, 6.07) is 10.8. The van der Waals surface area contributed by atoms with Gasteiger partial charge in [0.15, 0.2) is 0 Å². The van der Waals surface area contributed by atoms with Gasteiger partial charge in [0, 0.05) is 16.3 Å². The molecule has 1 atom stereocenters. The molecule has 0 saturated heterocycles. The van der Waals surface area contributed by atoms with Crippen LogP contribution in [0.3, 0.4) is 0 Å². The molecular formula is C15H16ClNO2S. The van der Waals surface area contributed by atoms with E-state index in [-0.39, 0.29) is 0 Å². The van der Waals surface area contributed by atoms with Crippen molar-refractivity contribution >= 4 is 28.1 Å². The van der Waals surface area contributed by atoms with Gasteiger partial charge in [-0.05, 0) is 31.2 Å². The number of halogens is 1. The van der Waals surface area contributed by atoms with Gasteiger partial charge in [0.05, 0.1) is 28.6 Å². The van der Waals surface area contributed by atoms with Gasteiger partial charge >= 0.3 is 0 Å². The topological polar surface area (TPSA) is 52.3 Å². The molecule has 0 aliphatic rings. The zero-order valence-electron chi connectivity index (χ0n) is 11.4. The number of rotatable bonds is 4. The number of methoxy groups -OCH3 is 1. The van der Waals surface area contributed by atoms with Crippen LogP contribution in [0.4, 0.5) is 5.69 Å². The van der Waals surface area contributed by atoms with Gasteiger partial charge in [-0.3, -0.25) is 4.21 Å². The Kier molecular flexibility index (Phi) is 4.68. The molecule has 3 nitrogen and oxygen atoms in total. The summed E-state index contributed by atoms with van der Waals surface area (Å²) >= 11 is 5.93. The molecule has 2 rings (SSSR count). The largest absolute Gasteiger partial charge is 0.496 e. The van der Waals surface area contributed by atoms with Crippen LogP contribution in [-0.4, -0.2) is 11.3 Å². The van der Waals surface area contributed by atoms with E-state index in [9.17, 15) is 4.21 Å². The summed E-state index contributed by atoms with van der Waals surface area (Å²) in [6.45, 7) is 1.99. The molecule has 2 aromatic carbocycles. The van der Waals surface area contributed by atoms with Crippen molar-refractivity contribution in [3.8, 4) is 5.75 Å². The lowest BCUT2D eigenvalue weighted by molar-refractivity contribution is 0.411. The first-order valence-corrected chi connectivity index (χ1v) is 7.78. The minimum atomic E-state index is -1.27. The number of hydrogen-bond donors (Lipinski definition) is 1. The van der Waals surface area contributed by atoms with Crippen molar-refractivity contribution in [2.45, 2.75) is 17.6 Å². The Morgan fingerprint density at radius 3 is 2.70 bits per heavy atom. The van der Waals surface area contributed by atoms with E-state index < -0.39 is 10.8 Å². The van der Waals surface area contributed by atoms with Gasteiger partial charge in [-0.1, -0.05) is 29.3 Å². The van der Waals surface area contributed by atoms with Gasteiger partial charge in [-0.15, -0.1) is 0 Å². The summed E-state index contributed by atoms with van der Waals surface area (Å²) in [5.41, 5.74) is 8.34. The predicted molar refractivity (Wildman–Crippen MR) is 83.7 cm³/mol. The van der Waals surface area contributed by atoms with Crippen LogP contribution < -0.4 is 10.5 Å². The second-order valence-corrected chi connectivity index (χ2v) is 6.34. The van der Waals surface area contributed by atoms with Crippen LogP contribution in [0.25, 0.3) is 0 Å². The molecule has 2 aromatic rings. The average Bonchev–Trinajstić information content (AvgIpc) is 2.41. The summed E-state index contributed by atoms with van der Waals surface area (Å²) in [5, 5.41) is 0.527. The SMILES string of the molecule is COc1ccc(C)cc1CS(=O)c1cc(Cl)ccc1N. The normalized spacial score (nSPS) is 12.2. The molecule has 5 heteroatoms. The highest BCUT2D eigenvalue weighted by Crippen LogP contribution is 2.27. The highest BCUT2D eigenvalue weighted by atomic mass is 35.5. The Labute approximate surface area is 126 Å². The Morgan fingerprint density at radius 1 is 1.25 bits per heavy atom. The molecule has 0 aliphatic heterocycles. The highest BCUT2D eigenvalue weighted by Gasteiger charge is 2.13. The summed E-state index contributed by atoms with van der Waals surface area (Å²) in [4.78, 5) is 0.557. The van der Waals surface area contributed by atoms with Crippen LogP contribution in [0.2, 0.25) is 5.02 Å². The molecule has 0 radical (unpaired) electrons. The molecule has 0 spiro atoms. The first-order chi connectivity index (χ1) is 9.51. The minimum Gasteiger partial charge on any atom is -0.496 e. The van der Waals surface area contributed by atoms with Crippen LogP contribution in [0.1, 0.15) is 11.1 Å². The fraction of sp³-hybridized carbons (Fsp3) is 0.200. The van der Waals surface area contributed by atoms with E-state index in [1.807, 2.05) is 25.1 Å². The number of nitrogens with two attached hydrogens (primary N) is 1. The number of benzene rings is 2. The molecule has 0 heterocycles. The van der Waals surface area contributed by atoms with Crippen molar-refractivity contribution in [2.75, 3.05) is 12.8 Å². The summed E-state index contributed by atoms with van der Waals surface area (Å²) in [7, 11) is 0.336. The molecule has 0 bridgehead atoms. The summed E-state index contributed by atoms with van der Waals surface area (Å²) in [5.74, 6) is 1.07. The number of anilines is 1. The number of hydrogen-bond acceptors (Lipinski definition) is 3. The van der Waals surface area contributed by atoms with E-state index in [1.54, 1.807) is 25.3 Å². The van der Waals surface area contributed by atoms with Crippen molar-refractivity contribution in [1.29, 1.82) is 0 Å². The molecule has 0 aliphatic carbocycles. The maximum atomic E-state index is 12.5. The van der Waals surface area contributed by atoms with Crippen molar-refractivity contribution < 1.29 is 8.95 Å². The van der Waals surface area contributed by atoms with Crippen LogP contribution in [-0.2, 0) is 16.6 Å². The van der Waals surface area contributed by atoms with Gasteiger partial charge in [-0.2, -0.15) is 0 Å². The van der Waals surface area contributed by atoms with Crippen molar-refractivity contribution in [2.24, 2.45) is 0 Å². The summed E-state index contributed by atoms with van der Waals surface area (Å²) in [6.07, 6.45) is 0. The first-order valence-electron chi connectivity index (χ1n) is 6.08. The van der Waals surface area contributed by atoms with E-state index in [0.717, 1.165) is 16.9 Å². The first kappa shape index (κ1) is 14.9. The lowest BCUT2D eigenvalue weighted by Crippen LogP contribution is -2.02. The third-order valence-corrected chi connectivity index (χ3v) is 4.60. The fourth-order valence-electron chi connectivity index (χ4n) is 1.94. The monoisotopic (exact) mass is 309 g/mol. The number of aryl methyl sites for hydroxylation is 1. The molecule has 2 N–H and O–H groups in total. The Morgan fingerprint density at radius 2 is 2.00 bits per heavy atom. The van der Waals surface area contributed by atoms with Crippen LogP contribution in [0, 0.1) is 6.92 Å². The number of ether oxygens (including phenoxy) is 1. The average molecular weight is 310 g/mol. The predicted octanol–water partition coefficient (Wildman–Crippen LogP) is 3.55. The number of nitrogen functional groups attached to an aromatic ring is 1. The molecule has 0 fully saturated rings. The fourth-order valence-corrected chi connectivity index (χ4v) is 3.43. The summed E-state index contributed by atoms with van der Waals surface area (Å²) < 4.78 is 17.8.